The van der Waals surface area contributed by atoms with Gasteiger partial charge in [0.1, 0.15) is 5.82 Å². The summed E-state index contributed by atoms with van der Waals surface area (Å²) in [7, 11) is -3.15. The fourth-order valence-electron chi connectivity index (χ4n) is 3.18. The first-order chi connectivity index (χ1) is 9.55. The first-order valence-corrected chi connectivity index (χ1v) is 9.09. The number of nitrogens with zero attached hydrogens (tertiary/aromatic N) is 3. The molecule has 2 fully saturated rings. The Morgan fingerprint density at radius 2 is 1.90 bits per heavy atom. The second kappa shape index (κ2) is 5.33. The Morgan fingerprint density at radius 3 is 2.60 bits per heavy atom. The molecule has 0 saturated carbocycles. The molecule has 0 unspecified atom stereocenters. The summed E-state index contributed by atoms with van der Waals surface area (Å²) in [6, 6.07) is 5.88. The lowest BCUT2D eigenvalue weighted by Gasteiger charge is -2.23. The Kier molecular flexibility index (Phi) is 3.69. The number of hydrogen-bond donors (Lipinski definition) is 0. The highest BCUT2D eigenvalue weighted by molar-refractivity contribution is 7.88. The van der Waals surface area contributed by atoms with E-state index in [0.29, 0.717) is 6.54 Å². The molecule has 20 heavy (non-hydrogen) atoms. The molecule has 0 bridgehead atoms. The van der Waals surface area contributed by atoms with Crippen molar-refractivity contribution < 1.29 is 8.42 Å². The maximum absolute atomic E-state index is 11.8. The van der Waals surface area contributed by atoms with Gasteiger partial charge in [-0.25, -0.2) is 13.4 Å². The molecule has 6 heteroatoms. The lowest BCUT2D eigenvalue weighted by molar-refractivity contribution is 0.394. The minimum atomic E-state index is -3.15. The predicted molar refractivity (Wildman–Crippen MR) is 79.2 cm³/mol. The average Bonchev–Trinajstić information content (AvgIpc) is 3.10. The highest BCUT2D eigenvalue weighted by Gasteiger charge is 2.33. The molecule has 0 radical (unpaired) electrons. The maximum Gasteiger partial charge on any atom is 0.211 e. The summed E-state index contributed by atoms with van der Waals surface area (Å²) >= 11 is 0. The number of anilines is 1. The third-order valence-electron chi connectivity index (χ3n) is 4.16. The zero-order chi connectivity index (χ0) is 14.2. The molecule has 5 nitrogen and oxygen atoms in total. The van der Waals surface area contributed by atoms with Crippen molar-refractivity contribution >= 4 is 15.8 Å². The molecule has 3 heterocycles. The minimum Gasteiger partial charge on any atom is -0.357 e. The number of aromatic nitrogens is 1. The smallest absolute Gasteiger partial charge is 0.211 e. The first kappa shape index (κ1) is 13.8. The zero-order valence-corrected chi connectivity index (χ0v) is 12.6. The Morgan fingerprint density at radius 1 is 1.15 bits per heavy atom. The molecule has 0 N–H and O–H groups in total. The van der Waals surface area contributed by atoms with Gasteiger partial charge in [0.05, 0.1) is 18.0 Å². The number of pyridine rings is 1. The monoisotopic (exact) mass is 295 g/mol. The second-order valence-corrected chi connectivity index (χ2v) is 7.58. The highest BCUT2D eigenvalue weighted by Crippen LogP contribution is 2.33. The number of rotatable bonds is 3. The van der Waals surface area contributed by atoms with Crippen LogP contribution in [-0.4, -0.2) is 43.6 Å². The Balaban J connectivity index is 1.88. The zero-order valence-electron chi connectivity index (χ0n) is 11.8. The van der Waals surface area contributed by atoms with Gasteiger partial charge in [-0.15, -0.1) is 0 Å². The van der Waals surface area contributed by atoms with Crippen LogP contribution in [0.2, 0.25) is 0 Å². The van der Waals surface area contributed by atoms with Crippen LogP contribution in [0.1, 0.15) is 37.4 Å². The Labute approximate surface area is 120 Å². The van der Waals surface area contributed by atoms with Gasteiger partial charge < -0.3 is 4.90 Å². The molecule has 0 spiro atoms. The van der Waals surface area contributed by atoms with Gasteiger partial charge in [-0.1, -0.05) is 6.07 Å². The van der Waals surface area contributed by atoms with Crippen LogP contribution >= 0.6 is 0 Å². The standard InChI is InChI=1S/C14H21N3O2S/c1-20(18,19)17-11-5-7-13(17)12-6-4-8-14(15-12)16-9-2-3-10-16/h4,6,8,13H,2-3,5,7,9-11H2,1H3/t13-/m1/s1. The molecule has 1 aromatic rings. The molecule has 110 valence electrons. The molecular formula is C14H21N3O2S. The molecule has 1 atom stereocenters. The van der Waals surface area contributed by atoms with E-state index in [0.717, 1.165) is 37.4 Å². The SMILES string of the molecule is CS(=O)(=O)N1CCC[C@@H]1c1cccc(N2CCCC2)n1. The summed E-state index contributed by atoms with van der Waals surface area (Å²) in [4.78, 5) is 7.00. The lowest BCUT2D eigenvalue weighted by Crippen LogP contribution is -2.30. The van der Waals surface area contributed by atoms with E-state index < -0.39 is 10.0 Å². The van der Waals surface area contributed by atoms with Crippen molar-refractivity contribution in [3.63, 3.8) is 0 Å². The second-order valence-electron chi connectivity index (χ2n) is 5.65. The van der Waals surface area contributed by atoms with Crippen molar-refractivity contribution in [3.8, 4) is 0 Å². The third kappa shape index (κ3) is 2.67. The molecular weight excluding hydrogens is 274 g/mol. The number of sulfonamides is 1. The van der Waals surface area contributed by atoms with Gasteiger partial charge >= 0.3 is 0 Å². The van der Waals surface area contributed by atoms with E-state index >= 15 is 0 Å². The molecule has 0 amide bonds. The van der Waals surface area contributed by atoms with Crippen LogP contribution in [0.5, 0.6) is 0 Å². The van der Waals surface area contributed by atoms with Crippen LogP contribution in [0, 0.1) is 0 Å². The van der Waals surface area contributed by atoms with Gasteiger partial charge in [0, 0.05) is 19.6 Å². The van der Waals surface area contributed by atoms with Gasteiger partial charge in [0.15, 0.2) is 0 Å². The minimum absolute atomic E-state index is 0.0902. The number of hydrogen-bond acceptors (Lipinski definition) is 4. The third-order valence-corrected chi connectivity index (χ3v) is 5.45. The van der Waals surface area contributed by atoms with E-state index in [-0.39, 0.29) is 6.04 Å². The first-order valence-electron chi connectivity index (χ1n) is 7.24. The van der Waals surface area contributed by atoms with Crippen LogP contribution in [-0.2, 0) is 10.0 Å². The fourth-order valence-corrected chi connectivity index (χ4v) is 4.32. The summed E-state index contributed by atoms with van der Waals surface area (Å²) in [6.07, 6.45) is 5.49. The van der Waals surface area contributed by atoms with E-state index in [4.69, 9.17) is 4.98 Å². The Bertz CT molecular complexity index is 582. The largest absolute Gasteiger partial charge is 0.357 e. The molecule has 1 aromatic heterocycles. The van der Waals surface area contributed by atoms with Crippen LogP contribution < -0.4 is 4.90 Å². The Hall–Kier alpha value is -1.14. The molecule has 0 aromatic carbocycles. The highest BCUT2D eigenvalue weighted by atomic mass is 32.2. The van der Waals surface area contributed by atoms with Gasteiger partial charge in [0.2, 0.25) is 10.0 Å². The molecule has 2 aliphatic heterocycles. The van der Waals surface area contributed by atoms with Gasteiger partial charge in [-0.2, -0.15) is 4.31 Å². The topological polar surface area (TPSA) is 53.5 Å². The summed E-state index contributed by atoms with van der Waals surface area (Å²) in [5.41, 5.74) is 0.886. The van der Waals surface area contributed by atoms with Gasteiger partial charge in [-0.05, 0) is 37.8 Å². The fraction of sp³-hybridized carbons (Fsp3) is 0.643. The normalized spacial score (nSPS) is 24.4. The summed E-state index contributed by atoms with van der Waals surface area (Å²) in [6.45, 7) is 2.72. The van der Waals surface area contributed by atoms with Crippen molar-refractivity contribution in [1.29, 1.82) is 0 Å². The average molecular weight is 295 g/mol. The van der Waals surface area contributed by atoms with Crippen LogP contribution in [0.4, 0.5) is 5.82 Å². The summed E-state index contributed by atoms with van der Waals surface area (Å²) in [5.74, 6) is 0.986. The molecule has 2 saturated heterocycles. The molecule has 2 aliphatic rings. The van der Waals surface area contributed by atoms with E-state index in [2.05, 4.69) is 4.90 Å². The van der Waals surface area contributed by atoms with Crippen molar-refractivity contribution in [3.05, 3.63) is 23.9 Å². The van der Waals surface area contributed by atoms with E-state index in [1.807, 2.05) is 18.2 Å². The maximum atomic E-state index is 11.8. The van der Waals surface area contributed by atoms with Crippen molar-refractivity contribution in [2.45, 2.75) is 31.7 Å². The van der Waals surface area contributed by atoms with Crippen molar-refractivity contribution in [2.24, 2.45) is 0 Å². The van der Waals surface area contributed by atoms with Gasteiger partial charge in [0.25, 0.3) is 0 Å². The molecule has 0 aliphatic carbocycles. The quantitative estimate of drug-likeness (QED) is 0.853. The van der Waals surface area contributed by atoms with E-state index in [1.54, 1.807) is 4.31 Å². The van der Waals surface area contributed by atoms with E-state index in [1.165, 1.54) is 19.1 Å². The van der Waals surface area contributed by atoms with Crippen molar-refractivity contribution in [1.82, 2.24) is 9.29 Å². The lowest BCUT2D eigenvalue weighted by atomic mass is 10.1. The van der Waals surface area contributed by atoms with Gasteiger partial charge in [-0.3, -0.25) is 0 Å². The predicted octanol–water partition coefficient (Wildman–Crippen LogP) is 1.78. The van der Waals surface area contributed by atoms with Crippen LogP contribution in [0.15, 0.2) is 18.2 Å². The van der Waals surface area contributed by atoms with E-state index in [9.17, 15) is 8.42 Å². The van der Waals surface area contributed by atoms with Crippen molar-refractivity contribution in [2.75, 3.05) is 30.8 Å². The van der Waals surface area contributed by atoms with Crippen LogP contribution in [0.25, 0.3) is 0 Å². The summed E-state index contributed by atoms with van der Waals surface area (Å²) in [5, 5.41) is 0. The molecule has 3 rings (SSSR count). The summed E-state index contributed by atoms with van der Waals surface area (Å²) < 4.78 is 25.3. The van der Waals surface area contributed by atoms with Crippen LogP contribution in [0.3, 0.4) is 0 Å².